The van der Waals surface area contributed by atoms with Crippen LogP contribution in [0.5, 0.6) is 0 Å². The van der Waals surface area contributed by atoms with Crippen molar-refractivity contribution >= 4 is 17.1 Å². The SMILES string of the molecule is C=CC1(c2cccc(N(c3ccccc3)c3ccc(-c4c#cccc4)cc3)c2)c2ccccc2-c2ccccc21. The molecule has 0 N–H and O–H groups in total. The summed E-state index contributed by atoms with van der Waals surface area (Å²) in [6.45, 7) is 4.40. The van der Waals surface area contributed by atoms with Gasteiger partial charge in [0.05, 0.1) is 5.41 Å². The van der Waals surface area contributed by atoms with Gasteiger partial charge in [-0.1, -0.05) is 115 Å². The Morgan fingerprint density at radius 3 is 1.85 bits per heavy atom. The first-order valence-electron chi connectivity index (χ1n) is 13.6. The van der Waals surface area contributed by atoms with Crippen molar-refractivity contribution in [3.05, 3.63) is 187 Å². The summed E-state index contributed by atoms with van der Waals surface area (Å²) >= 11 is 0. The number of hydrogen-bond acceptors (Lipinski definition) is 1. The van der Waals surface area contributed by atoms with Crippen LogP contribution >= 0.6 is 0 Å². The molecule has 0 aliphatic heterocycles. The smallest absolute Gasteiger partial charge is 0.0642 e. The number of allylic oxidation sites excluding steroid dienone is 1. The fourth-order valence-corrected chi connectivity index (χ4v) is 6.14. The van der Waals surface area contributed by atoms with Gasteiger partial charge in [0.15, 0.2) is 0 Å². The molecule has 0 spiro atoms. The lowest BCUT2D eigenvalue weighted by Crippen LogP contribution is -2.24. The van der Waals surface area contributed by atoms with Gasteiger partial charge in [-0.3, -0.25) is 0 Å². The second-order valence-electron chi connectivity index (χ2n) is 10.1. The molecule has 40 heavy (non-hydrogen) atoms. The number of rotatable bonds is 6. The number of para-hydroxylation sites is 1. The van der Waals surface area contributed by atoms with Crippen molar-refractivity contribution in [2.24, 2.45) is 0 Å². The number of fused-ring (bicyclic) bond motifs is 3. The zero-order chi connectivity index (χ0) is 26.9. The first kappa shape index (κ1) is 23.8. The van der Waals surface area contributed by atoms with Crippen molar-refractivity contribution in [3.8, 4) is 22.3 Å². The van der Waals surface area contributed by atoms with Crippen LogP contribution in [0.4, 0.5) is 17.1 Å². The fourth-order valence-electron chi connectivity index (χ4n) is 6.14. The Labute approximate surface area is 236 Å². The van der Waals surface area contributed by atoms with Crippen LogP contribution in [0.1, 0.15) is 16.7 Å². The lowest BCUT2D eigenvalue weighted by Gasteiger charge is -2.32. The predicted molar refractivity (Wildman–Crippen MR) is 166 cm³/mol. The Morgan fingerprint density at radius 2 is 1.20 bits per heavy atom. The molecular weight excluding hydrogens is 482 g/mol. The zero-order valence-corrected chi connectivity index (χ0v) is 22.1. The molecule has 0 heterocycles. The summed E-state index contributed by atoms with van der Waals surface area (Å²) in [7, 11) is 0. The predicted octanol–water partition coefficient (Wildman–Crippen LogP) is 9.92. The van der Waals surface area contributed by atoms with E-state index in [2.05, 4.69) is 163 Å². The molecule has 0 bridgehead atoms. The van der Waals surface area contributed by atoms with Crippen LogP contribution in [0.15, 0.2) is 158 Å². The Bertz CT molecular complexity index is 1750. The van der Waals surface area contributed by atoms with Gasteiger partial charge in [-0.15, -0.1) is 6.58 Å². The molecule has 1 aliphatic rings. The minimum absolute atomic E-state index is 0.435. The molecule has 1 aliphatic carbocycles. The third-order valence-corrected chi connectivity index (χ3v) is 7.96. The van der Waals surface area contributed by atoms with Crippen molar-refractivity contribution in [2.45, 2.75) is 5.41 Å². The molecule has 188 valence electrons. The topological polar surface area (TPSA) is 3.24 Å². The van der Waals surface area contributed by atoms with E-state index in [9.17, 15) is 0 Å². The standard InChI is InChI=1S/C39H27N/c1-2-39(37-22-11-9-20-35(37)36-21-10-12-23-38(36)39)31-16-13-19-34(28-31)40(32-17-7-4-8-18-32)33-26-24-30(25-27-33)29-14-5-3-6-15-29/h2-5,7-14,16-28H,1H2. The zero-order valence-electron chi connectivity index (χ0n) is 22.1. The van der Waals surface area contributed by atoms with E-state index in [4.69, 9.17) is 0 Å². The van der Waals surface area contributed by atoms with Gasteiger partial charge in [0.25, 0.3) is 0 Å². The number of hydrogen-bond donors (Lipinski definition) is 0. The average molecular weight is 510 g/mol. The van der Waals surface area contributed by atoms with E-state index in [1.165, 1.54) is 27.8 Å². The second kappa shape index (κ2) is 9.77. The van der Waals surface area contributed by atoms with Crippen molar-refractivity contribution in [2.75, 3.05) is 4.90 Å². The summed E-state index contributed by atoms with van der Waals surface area (Å²) in [5.74, 6) is 0. The minimum Gasteiger partial charge on any atom is -0.310 e. The fraction of sp³-hybridized carbons (Fsp3) is 0.0256. The third-order valence-electron chi connectivity index (χ3n) is 7.96. The number of nitrogens with zero attached hydrogens (tertiary/aromatic N) is 1. The van der Waals surface area contributed by atoms with Crippen LogP contribution in [0.25, 0.3) is 22.3 Å². The van der Waals surface area contributed by atoms with Gasteiger partial charge in [0.1, 0.15) is 0 Å². The molecule has 0 radical (unpaired) electrons. The van der Waals surface area contributed by atoms with Gasteiger partial charge < -0.3 is 4.90 Å². The van der Waals surface area contributed by atoms with E-state index in [1.807, 2.05) is 12.1 Å². The summed E-state index contributed by atoms with van der Waals surface area (Å²) < 4.78 is 0. The number of benzene rings is 5. The molecule has 0 amide bonds. The molecule has 0 atom stereocenters. The first-order valence-corrected chi connectivity index (χ1v) is 13.6. The molecule has 0 unspecified atom stereocenters. The van der Waals surface area contributed by atoms with Gasteiger partial charge in [-0.25, -0.2) is 0 Å². The number of anilines is 3. The maximum atomic E-state index is 4.40. The average Bonchev–Trinajstić information content (AvgIpc) is 3.33. The highest BCUT2D eigenvalue weighted by atomic mass is 15.1. The Balaban J connectivity index is 1.39. The van der Waals surface area contributed by atoms with Crippen LogP contribution in [-0.4, -0.2) is 0 Å². The quantitative estimate of drug-likeness (QED) is 0.202. The Morgan fingerprint density at radius 1 is 0.575 bits per heavy atom. The van der Waals surface area contributed by atoms with Gasteiger partial charge in [0.2, 0.25) is 0 Å². The Hall–Kier alpha value is -5.32. The van der Waals surface area contributed by atoms with Crippen molar-refractivity contribution in [3.63, 3.8) is 0 Å². The molecule has 1 heteroatoms. The summed E-state index contributed by atoms with van der Waals surface area (Å²) in [5, 5.41) is 0. The van der Waals surface area contributed by atoms with E-state index in [0.29, 0.717) is 0 Å². The summed E-state index contributed by atoms with van der Waals surface area (Å²) in [6.07, 6.45) is 2.12. The summed E-state index contributed by atoms with van der Waals surface area (Å²) in [5.41, 5.74) is 11.3. The van der Waals surface area contributed by atoms with Gasteiger partial charge >= 0.3 is 0 Å². The monoisotopic (exact) mass is 509 g/mol. The lowest BCUT2D eigenvalue weighted by atomic mass is 9.72. The summed E-state index contributed by atoms with van der Waals surface area (Å²) in [4.78, 5) is 2.32. The van der Waals surface area contributed by atoms with E-state index >= 15 is 0 Å². The normalized spacial score (nSPS) is 12.6. The first-order chi connectivity index (χ1) is 19.8. The van der Waals surface area contributed by atoms with Crippen LogP contribution in [0.3, 0.4) is 0 Å². The minimum atomic E-state index is -0.435. The molecule has 0 aromatic heterocycles. The van der Waals surface area contributed by atoms with Crippen LogP contribution in [0, 0.1) is 12.1 Å². The van der Waals surface area contributed by atoms with Crippen molar-refractivity contribution in [1.82, 2.24) is 0 Å². The maximum absolute atomic E-state index is 4.40. The highest BCUT2D eigenvalue weighted by Crippen LogP contribution is 2.53. The molecule has 6 aromatic rings. The van der Waals surface area contributed by atoms with Gasteiger partial charge in [-0.2, -0.15) is 0 Å². The van der Waals surface area contributed by atoms with E-state index < -0.39 is 5.41 Å². The Kier molecular flexibility index (Phi) is 5.81. The van der Waals surface area contributed by atoms with Crippen LogP contribution in [0.2, 0.25) is 0 Å². The molecule has 1 nitrogen and oxygen atoms in total. The lowest BCUT2D eigenvalue weighted by molar-refractivity contribution is 0.807. The van der Waals surface area contributed by atoms with E-state index in [-0.39, 0.29) is 0 Å². The van der Waals surface area contributed by atoms with Gasteiger partial charge in [-0.05, 0) is 81.9 Å². The molecule has 0 saturated carbocycles. The van der Waals surface area contributed by atoms with Crippen LogP contribution < -0.4 is 4.90 Å². The molecule has 7 rings (SSSR count). The maximum Gasteiger partial charge on any atom is 0.0642 e. The van der Waals surface area contributed by atoms with E-state index in [1.54, 1.807) is 0 Å². The van der Waals surface area contributed by atoms with Gasteiger partial charge in [0, 0.05) is 22.6 Å². The molecule has 0 fully saturated rings. The molecule has 6 aromatic carbocycles. The van der Waals surface area contributed by atoms with E-state index in [0.717, 1.165) is 28.2 Å². The third kappa shape index (κ3) is 3.74. The summed E-state index contributed by atoms with van der Waals surface area (Å²) in [6, 6.07) is 57.8. The van der Waals surface area contributed by atoms with Crippen molar-refractivity contribution in [1.29, 1.82) is 0 Å². The highest BCUT2D eigenvalue weighted by Gasteiger charge is 2.42. The highest BCUT2D eigenvalue weighted by molar-refractivity contribution is 5.86. The second-order valence-corrected chi connectivity index (χ2v) is 10.1. The van der Waals surface area contributed by atoms with Crippen molar-refractivity contribution < 1.29 is 0 Å². The molecule has 0 saturated heterocycles. The molecular formula is C39H27N. The van der Waals surface area contributed by atoms with Crippen LogP contribution in [-0.2, 0) is 5.41 Å². The largest absolute Gasteiger partial charge is 0.310 e.